The smallest absolute Gasteiger partial charge is 0.142 e. The second-order valence-corrected chi connectivity index (χ2v) is 5.55. The Morgan fingerprint density at radius 1 is 1.21 bits per heavy atom. The molecule has 0 spiro atoms. The summed E-state index contributed by atoms with van der Waals surface area (Å²) < 4.78 is 13.4. The third-order valence-electron chi connectivity index (χ3n) is 3.02. The highest BCUT2D eigenvalue weighted by molar-refractivity contribution is 7.98. The lowest BCUT2D eigenvalue weighted by Gasteiger charge is -2.14. The Morgan fingerprint density at radius 3 is 2.53 bits per heavy atom. The third-order valence-corrected chi connectivity index (χ3v) is 4.18. The van der Waals surface area contributed by atoms with E-state index in [9.17, 15) is 4.39 Å². The van der Waals surface area contributed by atoms with Crippen LogP contribution in [0.3, 0.4) is 0 Å². The van der Waals surface area contributed by atoms with Crippen LogP contribution in [0, 0.1) is 5.82 Å². The van der Waals surface area contributed by atoms with Crippen molar-refractivity contribution in [3.05, 3.63) is 64.4 Å². The maximum atomic E-state index is 13.4. The molecule has 100 valence electrons. The highest BCUT2D eigenvalue weighted by atomic mass is 35.5. The molecule has 0 amide bonds. The predicted molar refractivity (Wildman–Crippen MR) is 80.3 cm³/mol. The van der Waals surface area contributed by atoms with Gasteiger partial charge in [-0.2, -0.15) is 0 Å². The summed E-state index contributed by atoms with van der Waals surface area (Å²) in [7, 11) is 0. The molecule has 1 nitrogen and oxygen atoms in total. The van der Waals surface area contributed by atoms with Gasteiger partial charge in [0.05, 0.1) is 5.02 Å². The Morgan fingerprint density at radius 2 is 1.89 bits per heavy atom. The SMILES string of the molecule is CSc1ccc(C(N)Cc2cccc(F)c2Cl)cc1. The van der Waals surface area contributed by atoms with Crippen molar-refractivity contribution >= 4 is 23.4 Å². The molecular formula is C15H15ClFNS. The highest BCUT2D eigenvalue weighted by Crippen LogP contribution is 2.25. The van der Waals surface area contributed by atoms with Crippen molar-refractivity contribution < 1.29 is 4.39 Å². The van der Waals surface area contributed by atoms with Gasteiger partial charge in [0.2, 0.25) is 0 Å². The molecule has 2 N–H and O–H groups in total. The van der Waals surface area contributed by atoms with Gasteiger partial charge in [-0.15, -0.1) is 11.8 Å². The van der Waals surface area contributed by atoms with E-state index in [1.807, 2.05) is 36.6 Å². The first-order chi connectivity index (χ1) is 9.11. The van der Waals surface area contributed by atoms with Crippen molar-refractivity contribution in [3.8, 4) is 0 Å². The number of rotatable bonds is 4. The quantitative estimate of drug-likeness (QED) is 0.844. The largest absolute Gasteiger partial charge is 0.324 e. The number of nitrogens with two attached hydrogens (primary N) is 1. The topological polar surface area (TPSA) is 26.0 Å². The van der Waals surface area contributed by atoms with Crippen LogP contribution in [-0.4, -0.2) is 6.26 Å². The van der Waals surface area contributed by atoms with Crippen LogP contribution in [0.2, 0.25) is 5.02 Å². The fraction of sp³-hybridized carbons (Fsp3) is 0.200. The molecule has 2 aromatic carbocycles. The molecule has 0 fully saturated rings. The van der Waals surface area contributed by atoms with Crippen LogP contribution >= 0.6 is 23.4 Å². The molecule has 0 radical (unpaired) electrons. The number of hydrogen-bond acceptors (Lipinski definition) is 2. The molecular weight excluding hydrogens is 281 g/mol. The third kappa shape index (κ3) is 3.50. The summed E-state index contributed by atoms with van der Waals surface area (Å²) in [4.78, 5) is 1.19. The van der Waals surface area contributed by atoms with Crippen LogP contribution in [-0.2, 0) is 6.42 Å². The Balaban J connectivity index is 2.15. The van der Waals surface area contributed by atoms with E-state index in [1.54, 1.807) is 17.8 Å². The zero-order valence-electron chi connectivity index (χ0n) is 10.6. The van der Waals surface area contributed by atoms with Crippen molar-refractivity contribution in [2.24, 2.45) is 5.73 Å². The molecule has 2 rings (SSSR count). The zero-order chi connectivity index (χ0) is 13.8. The van der Waals surface area contributed by atoms with Gasteiger partial charge in [-0.1, -0.05) is 35.9 Å². The molecule has 4 heteroatoms. The van der Waals surface area contributed by atoms with Crippen LogP contribution in [0.5, 0.6) is 0 Å². The first-order valence-corrected chi connectivity index (χ1v) is 7.54. The zero-order valence-corrected chi connectivity index (χ0v) is 12.1. The van der Waals surface area contributed by atoms with Gasteiger partial charge >= 0.3 is 0 Å². The van der Waals surface area contributed by atoms with E-state index in [1.165, 1.54) is 11.0 Å². The summed E-state index contributed by atoms with van der Waals surface area (Å²) >= 11 is 7.62. The maximum Gasteiger partial charge on any atom is 0.142 e. The van der Waals surface area contributed by atoms with Crippen LogP contribution in [0.25, 0.3) is 0 Å². The molecule has 0 aliphatic rings. The molecule has 0 aliphatic carbocycles. The van der Waals surface area contributed by atoms with E-state index in [4.69, 9.17) is 17.3 Å². The fourth-order valence-electron chi connectivity index (χ4n) is 1.91. The molecule has 0 bridgehead atoms. The van der Waals surface area contributed by atoms with Gasteiger partial charge in [0, 0.05) is 10.9 Å². The molecule has 0 aromatic heterocycles. The summed E-state index contributed by atoms with van der Waals surface area (Å²) in [5.41, 5.74) is 7.91. The van der Waals surface area contributed by atoms with E-state index < -0.39 is 5.82 Å². The van der Waals surface area contributed by atoms with Gasteiger partial charge in [-0.25, -0.2) is 4.39 Å². The molecule has 1 atom stereocenters. The van der Waals surface area contributed by atoms with E-state index in [0.717, 1.165) is 11.1 Å². The summed E-state index contributed by atoms with van der Waals surface area (Å²) in [6, 6.07) is 12.7. The average Bonchev–Trinajstić information content (AvgIpc) is 2.44. The van der Waals surface area contributed by atoms with Crippen LogP contribution in [0.15, 0.2) is 47.4 Å². The van der Waals surface area contributed by atoms with E-state index >= 15 is 0 Å². The number of hydrogen-bond donors (Lipinski definition) is 1. The Hall–Kier alpha value is -1.03. The lowest BCUT2D eigenvalue weighted by atomic mass is 10.00. The van der Waals surface area contributed by atoms with E-state index in [0.29, 0.717) is 6.42 Å². The average molecular weight is 296 g/mol. The van der Waals surface area contributed by atoms with Crippen LogP contribution in [0.4, 0.5) is 4.39 Å². The number of benzene rings is 2. The van der Waals surface area contributed by atoms with Gasteiger partial charge in [-0.3, -0.25) is 0 Å². The predicted octanol–water partition coefficient (Wildman–Crippen LogP) is 4.44. The summed E-state index contributed by atoms with van der Waals surface area (Å²) in [5, 5.41) is 0.165. The first kappa shape index (κ1) is 14.4. The van der Waals surface area contributed by atoms with Gasteiger partial charge < -0.3 is 5.73 Å². The fourth-order valence-corrected chi connectivity index (χ4v) is 2.52. The van der Waals surface area contributed by atoms with Crippen molar-refractivity contribution in [1.29, 1.82) is 0 Å². The van der Waals surface area contributed by atoms with Gasteiger partial charge in [0.1, 0.15) is 5.82 Å². The number of thioether (sulfide) groups is 1. The van der Waals surface area contributed by atoms with Crippen LogP contribution < -0.4 is 5.73 Å². The molecule has 1 unspecified atom stereocenters. The molecule has 0 saturated carbocycles. The van der Waals surface area contributed by atoms with Gasteiger partial charge in [-0.05, 0) is 42.0 Å². The van der Waals surface area contributed by atoms with Crippen molar-refractivity contribution in [1.82, 2.24) is 0 Å². The summed E-state index contributed by atoms with van der Waals surface area (Å²) in [6.07, 6.45) is 2.55. The monoisotopic (exact) mass is 295 g/mol. The minimum atomic E-state index is -0.399. The summed E-state index contributed by atoms with van der Waals surface area (Å²) in [5.74, 6) is -0.399. The van der Waals surface area contributed by atoms with Crippen LogP contribution in [0.1, 0.15) is 17.2 Å². The maximum absolute atomic E-state index is 13.4. The Labute approximate surface area is 122 Å². The lowest BCUT2D eigenvalue weighted by molar-refractivity contribution is 0.622. The number of halogens is 2. The molecule has 0 aliphatic heterocycles. The first-order valence-electron chi connectivity index (χ1n) is 5.94. The molecule has 0 saturated heterocycles. The Kier molecular flexibility index (Phi) is 4.86. The van der Waals surface area contributed by atoms with Crippen molar-refractivity contribution in [3.63, 3.8) is 0 Å². The second-order valence-electron chi connectivity index (χ2n) is 4.30. The Bertz CT molecular complexity index is 557. The van der Waals surface area contributed by atoms with E-state index in [-0.39, 0.29) is 11.1 Å². The minimum absolute atomic E-state index is 0.165. The van der Waals surface area contributed by atoms with E-state index in [2.05, 4.69) is 0 Å². The van der Waals surface area contributed by atoms with Gasteiger partial charge in [0.15, 0.2) is 0 Å². The summed E-state index contributed by atoms with van der Waals surface area (Å²) in [6.45, 7) is 0. The molecule has 2 aromatic rings. The lowest BCUT2D eigenvalue weighted by Crippen LogP contribution is -2.13. The highest BCUT2D eigenvalue weighted by Gasteiger charge is 2.11. The molecule has 0 heterocycles. The second kappa shape index (κ2) is 6.42. The standard InChI is InChI=1S/C15H15ClFNS/c1-19-12-7-5-10(6-8-12)14(18)9-11-3-2-4-13(17)15(11)16/h2-8,14H,9,18H2,1H3. The van der Waals surface area contributed by atoms with Gasteiger partial charge in [0.25, 0.3) is 0 Å². The van der Waals surface area contributed by atoms with Crippen molar-refractivity contribution in [2.75, 3.05) is 6.26 Å². The minimum Gasteiger partial charge on any atom is -0.324 e. The normalized spacial score (nSPS) is 12.4. The van der Waals surface area contributed by atoms with Crippen molar-refractivity contribution in [2.45, 2.75) is 17.4 Å². The molecule has 19 heavy (non-hydrogen) atoms.